The first-order chi connectivity index (χ1) is 26.4. The van der Waals surface area contributed by atoms with E-state index in [1.165, 1.54) is 12.5 Å². The van der Waals surface area contributed by atoms with E-state index in [9.17, 15) is 34.5 Å². The Hall–Kier alpha value is -4.18. The van der Waals surface area contributed by atoms with Crippen LogP contribution in [-0.4, -0.2) is 83.8 Å². The lowest BCUT2D eigenvalue weighted by Crippen LogP contribution is -2.37. The fourth-order valence-electron chi connectivity index (χ4n) is 6.32. The number of esters is 3. The number of unbranched alkanes of at least 4 members (excludes halogenated alkanes) is 3. The topological polar surface area (TPSA) is 175 Å². The van der Waals surface area contributed by atoms with Gasteiger partial charge in [-0.15, -0.1) is 18.9 Å². The highest BCUT2D eigenvalue weighted by atomic mass is 16.8. The Morgan fingerprint density at radius 2 is 1.49 bits per heavy atom. The number of aliphatic hydroxyl groups excluding tert-OH is 3. The fourth-order valence-corrected chi connectivity index (χ4v) is 6.32. The molecule has 0 spiro atoms. The maximum atomic E-state index is 12.4. The third-order valence-electron chi connectivity index (χ3n) is 9.54. The number of aliphatic hydroxyl groups is 3. The van der Waals surface area contributed by atoms with Gasteiger partial charge in [0, 0.05) is 32.6 Å². The van der Waals surface area contributed by atoms with E-state index in [0.717, 1.165) is 6.42 Å². The van der Waals surface area contributed by atoms with Crippen molar-refractivity contribution in [3.63, 3.8) is 0 Å². The van der Waals surface area contributed by atoms with E-state index in [4.69, 9.17) is 30.1 Å². The van der Waals surface area contributed by atoms with E-state index in [1.807, 2.05) is 42.5 Å². The summed E-state index contributed by atoms with van der Waals surface area (Å²) in [4.78, 5) is 49.2. The molecule has 7 atom stereocenters. The number of hydrogen-bond donors (Lipinski definition) is 3. The van der Waals surface area contributed by atoms with Crippen molar-refractivity contribution in [3.8, 4) is 12.3 Å². The highest BCUT2D eigenvalue weighted by Gasteiger charge is 2.40. The van der Waals surface area contributed by atoms with E-state index >= 15 is 0 Å². The number of aryl methyl sites for hydroxylation is 1. The molecule has 1 aliphatic rings. The summed E-state index contributed by atoms with van der Waals surface area (Å²) in [6.45, 7) is 5.93. The van der Waals surface area contributed by atoms with Crippen molar-refractivity contribution in [2.24, 2.45) is 17.3 Å². The van der Waals surface area contributed by atoms with Crippen molar-refractivity contribution in [3.05, 3.63) is 60.7 Å². The van der Waals surface area contributed by atoms with Gasteiger partial charge in [-0.25, -0.2) is 4.79 Å². The van der Waals surface area contributed by atoms with Gasteiger partial charge in [0.05, 0.1) is 23.7 Å². The van der Waals surface area contributed by atoms with Gasteiger partial charge in [-0.3, -0.25) is 14.4 Å². The predicted molar refractivity (Wildman–Crippen MR) is 206 cm³/mol. The molecule has 12 heteroatoms. The molecule has 2 rings (SSSR count). The third-order valence-corrected chi connectivity index (χ3v) is 9.54. The Bertz CT molecular complexity index is 1370. The second kappa shape index (κ2) is 26.6. The number of hydrogen-bond acceptors (Lipinski definition) is 12. The van der Waals surface area contributed by atoms with E-state index < -0.39 is 54.1 Å². The summed E-state index contributed by atoms with van der Waals surface area (Å²) in [5, 5.41) is 31.7. The zero-order valence-electron chi connectivity index (χ0n) is 32.6. The van der Waals surface area contributed by atoms with Crippen LogP contribution in [0.15, 0.2) is 55.1 Å². The van der Waals surface area contributed by atoms with Gasteiger partial charge in [-0.1, -0.05) is 48.6 Å². The summed E-state index contributed by atoms with van der Waals surface area (Å²) in [7, 11) is 0. The summed E-state index contributed by atoms with van der Waals surface area (Å²) in [6.07, 6.45) is 13.8. The smallest absolute Gasteiger partial charge is 0.465 e. The van der Waals surface area contributed by atoms with Crippen molar-refractivity contribution < 1.29 is 58.2 Å². The molecule has 2 unspecified atom stereocenters. The molecule has 3 N–H and O–H groups in total. The van der Waals surface area contributed by atoms with Crippen molar-refractivity contribution >= 4 is 24.1 Å². The number of terminal acetylenes is 1. The average molecular weight is 771 g/mol. The second-order valence-corrected chi connectivity index (χ2v) is 14.6. The molecule has 0 radical (unpaired) electrons. The van der Waals surface area contributed by atoms with Gasteiger partial charge in [0.15, 0.2) is 0 Å². The number of carbonyl (C=O) groups is 4. The van der Waals surface area contributed by atoms with Crippen LogP contribution in [0.1, 0.15) is 109 Å². The Kier molecular flexibility index (Phi) is 22.7. The molecule has 0 amide bonds. The molecule has 0 aromatic heterocycles. The van der Waals surface area contributed by atoms with Crippen LogP contribution in [0, 0.1) is 29.6 Å². The monoisotopic (exact) mass is 770 g/mol. The first kappa shape index (κ1) is 47.0. The minimum absolute atomic E-state index is 0.0737. The van der Waals surface area contributed by atoms with Gasteiger partial charge in [0.1, 0.15) is 19.8 Å². The van der Waals surface area contributed by atoms with Gasteiger partial charge in [0.2, 0.25) is 6.29 Å². The molecular formula is C43H62O12. The fraction of sp³-hybridized carbons (Fsp3) is 0.628. The Morgan fingerprint density at radius 1 is 0.873 bits per heavy atom. The summed E-state index contributed by atoms with van der Waals surface area (Å²) in [5.74, 6) is 0.718. The summed E-state index contributed by atoms with van der Waals surface area (Å²) in [6, 6.07) is 9.99. The van der Waals surface area contributed by atoms with E-state index in [0.29, 0.717) is 70.6 Å². The second-order valence-electron chi connectivity index (χ2n) is 14.6. The quantitative estimate of drug-likeness (QED) is 0.0221. The molecule has 12 nitrogen and oxygen atoms in total. The molecule has 0 saturated heterocycles. The lowest BCUT2D eigenvalue weighted by molar-refractivity contribution is -0.169. The van der Waals surface area contributed by atoms with Gasteiger partial charge < -0.3 is 39.0 Å². The van der Waals surface area contributed by atoms with E-state index in [2.05, 4.69) is 12.5 Å². The van der Waals surface area contributed by atoms with Crippen LogP contribution in [0.2, 0.25) is 0 Å². The van der Waals surface area contributed by atoms with E-state index in [-0.39, 0.29) is 50.9 Å². The molecule has 0 bridgehead atoms. The number of benzene rings is 1. The number of allylic oxidation sites excluding steroid dienone is 3. The maximum Gasteiger partial charge on any atom is 0.511 e. The van der Waals surface area contributed by atoms with Crippen LogP contribution in [0.4, 0.5) is 4.79 Å². The number of rotatable bonds is 27. The summed E-state index contributed by atoms with van der Waals surface area (Å²) < 4.78 is 26.2. The molecule has 55 heavy (non-hydrogen) atoms. The van der Waals surface area contributed by atoms with Crippen molar-refractivity contribution in [2.45, 2.75) is 135 Å². The number of carbonyl (C=O) groups excluding carboxylic acids is 4. The highest BCUT2D eigenvalue weighted by molar-refractivity contribution is 5.70. The number of ether oxygens (including phenoxy) is 5. The van der Waals surface area contributed by atoms with Gasteiger partial charge in [-0.2, -0.15) is 0 Å². The first-order valence-corrected chi connectivity index (χ1v) is 19.5. The maximum absolute atomic E-state index is 12.4. The van der Waals surface area contributed by atoms with Crippen LogP contribution < -0.4 is 0 Å². The molecular weight excluding hydrogens is 708 g/mol. The SMILES string of the molecule is C#CCCCC(=O)OCC(C)(COC(=O)CCCC=C)COC(=O)OC(C)OC(=O)CCC/C=C\C[C@@H]1[C@@H](CC[C@@H](O)CCc2ccccc2)[C@H](O)C[C@@H]1O. The molecule has 1 saturated carbocycles. The van der Waals surface area contributed by atoms with Crippen molar-refractivity contribution in [2.75, 3.05) is 19.8 Å². The van der Waals surface area contributed by atoms with Gasteiger partial charge in [0.25, 0.3) is 0 Å². The normalized spacial score (nSPS) is 20.1. The predicted octanol–water partition coefficient (Wildman–Crippen LogP) is 6.53. The minimum Gasteiger partial charge on any atom is -0.465 e. The molecule has 1 fully saturated rings. The van der Waals surface area contributed by atoms with E-state index in [1.54, 1.807) is 13.0 Å². The van der Waals surface area contributed by atoms with Gasteiger partial charge in [-0.05, 0) is 95.0 Å². The van der Waals surface area contributed by atoms with Crippen molar-refractivity contribution in [1.29, 1.82) is 0 Å². The van der Waals surface area contributed by atoms with Crippen molar-refractivity contribution in [1.82, 2.24) is 0 Å². The molecule has 1 aromatic carbocycles. The lowest BCUT2D eigenvalue weighted by Gasteiger charge is -2.28. The lowest BCUT2D eigenvalue weighted by atomic mass is 9.85. The minimum atomic E-state index is -1.23. The molecule has 0 aliphatic heterocycles. The largest absolute Gasteiger partial charge is 0.511 e. The third kappa shape index (κ3) is 20.4. The standard InChI is InChI=1S/C43H62O12/c1-5-7-12-21-39(47)51-29-43(4,30-52-40(48)22-13-8-6-2)31-53-42(50)55-32(3)54-41(49)23-17-10-9-16-20-35-36(38(46)28-37(35)45)27-26-34(44)25-24-33-18-14-11-15-19-33/h1,6,9,11,14-16,18-19,32,34-38,44-46H,2,7-8,10,12-13,17,20-31H2,3-4H3/b16-9-/t32?,34-,35+,36+,37-,38+,43?/m0/s1. The zero-order valence-corrected chi connectivity index (χ0v) is 32.6. The van der Waals surface area contributed by atoms with Crippen LogP contribution in [0.5, 0.6) is 0 Å². The summed E-state index contributed by atoms with van der Waals surface area (Å²) >= 11 is 0. The zero-order chi connectivity index (χ0) is 40.5. The molecule has 1 aromatic rings. The Morgan fingerprint density at radius 3 is 2.16 bits per heavy atom. The summed E-state index contributed by atoms with van der Waals surface area (Å²) in [5.41, 5.74) is 0.0938. The Labute approximate surface area is 326 Å². The van der Waals surface area contributed by atoms with Crippen LogP contribution in [0.3, 0.4) is 0 Å². The highest BCUT2D eigenvalue weighted by Crippen LogP contribution is 2.38. The average Bonchev–Trinajstić information content (AvgIpc) is 3.43. The van der Waals surface area contributed by atoms with Crippen LogP contribution in [0.25, 0.3) is 0 Å². The first-order valence-electron chi connectivity index (χ1n) is 19.5. The molecule has 306 valence electrons. The Balaban J connectivity index is 1.72. The molecule has 1 aliphatic carbocycles. The molecule has 0 heterocycles. The van der Waals surface area contributed by atoms with Crippen LogP contribution >= 0.6 is 0 Å². The van der Waals surface area contributed by atoms with Crippen LogP contribution in [-0.2, 0) is 44.5 Å². The van der Waals surface area contributed by atoms with Gasteiger partial charge >= 0.3 is 24.1 Å².